The monoisotopic (exact) mass is 339 g/mol. The highest BCUT2D eigenvalue weighted by Gasteiger charge is 2.16. The number of carbonyl (C=O) groups is 1. The van der Waals surface area contributed by atoms with Gasteiger partial charge in [0.05, 0.1) is 16.8 Å². The number of fused-ring (bicyclic) bond motifs is 1. The third-order valence-corrected chi connectivity index (χ3v) is 3.49. The van der Waals surface area contributed by atoms with Crippen molar-refractivity contribution in [1.29, 1.82) is 0 Å². The number of nitrogens with one attached hydrogen (secondary N) is 1. The lowest BCUT2D eigenvalue weighted by Crippen LogP contribution is -2.16. The van der Waals surface area contributed by atoms with E-state index in [1.54, 1.807) is 13.0 Å². The zero-order chi connectivity index (χ0) is 14.7. The molecule has 106 valence electrons. The summed E-state index contributed by atoms with van der Waals surface area (Å²) in [5.41, 5.74) is 0.432. The standard InChI is InChI=1S/C14H14BrNO4/c1-3-16-10-6-5-8-7-9(13(17)19-4-2)14(18)20-12(8)11(10)15/h5-7,16H,3-4H2,1-2H3. The van der Waals surface area contributed by atoms with Gasteiger partial charge >= 0.3 is 11.6 Å². The quantitative estimate of drug-likeness (QED) is 0.684. The molecule has 1 aromatic heterocycles. The summed E-state index contributed by atoms with van der Waals surface area (Å²) >= 11 is 3.40. The topological polar surface area (TPSA) is 68.5 Å². The van der Waals surface area contributed by atoms with Crippen LogP contribution in [0.4, 0.5) is 5.69 Å². The van der Waals surface area contributed by atoms with E-state index in [-0.39, 0.29) is 12.2 Å². The molecule has 0 saturated carbocycles. The average Bonchev–Trinajstić information content (AvgIpc) is 2.42. The Kier molecular flexibility index (Phi) is 4.44. The second kappa shape index (κ2) is 6.09. The molecule has 1 aromatic carbocycles. The Balaban J connectivity index is 2.59. The third kappa shape index (κ3) is 2.70. The molecule has 0 unspecified atom stereocenters. The number of esters is 1. The maximum Gasteiger partial charge on any atom is 0.351 e. The lowest BCUT2D eigenvalue weighted by molar-refractivity contribution is 0.0522. The number of hydrogen-bond acceptors (Lipinski definition) is 5. The van der Waals surface area contributed by atoms with Crippen molar-refractivity contribution in [2.24, 2.45) is 0 Å². The van der Waals surface area contributed by atoms with Crippen LogP contribution in [0.3, 0.4) is 0 Å². The van der Waals surface area contributed by atoms with E-state index in [2.05, 4.69) is 21.2 Å². The Morgan fingerprint density at radius 1 is 1.40 bits per heavy atom. The van der Waals surface area contributed by atoms with E-state index in [1.165, 1.54) is 6.07 Å². The summed E-state index contributed by atoms with van der Waals surface area (Å²) in [6.45, 7) is 4.60. The van der Waals surface area contributed by atoms with Crippen LogP contribution in [0.15, 0.2) is 31.9 Å². The molecule has 5 nitrogen and oxygen atoms in total. The van der Waals surface area contributed by atoms with Gasteiger partial charge in [0.25, 0.3) is 0 Å². The molecule has 0 spiro atoms. The molecule has 20 heavy (non-hydrogen) atoms. The van der Waals surface area contributed by atoms with Crippen molar-refractivity contribution in [3.8, 4) is 0 Å². The van der Waals surface area contributed by atoms with Gasteiger partial charge in [0.2, 0.25) is 0 Å². The Morgan fingerprint density at radius 2 is 2.15 bits per heavy atom. The number of hydrogen-bond donors (Lipinski definition) is 1. The van der Waals surface area contributed by atoms with Gasteiger partial charge in [0, 0.05) is 11.9 Å². The first-order valence-electron chi connectivity index (χ1n) is 6.25. The Morgan fingerprint density at radius 3 is 2.80 bits per heavy atom. The molecule has 0 amide bonds. The number of anilines is 1. The summed E-state index contributed by atoms with van der Waals surface area (Å²) in [5.74, 6) is -0.671. The zero-order valence-electron chi connectivity index (χ0n) is 11.2. The summed E-state index contributed by atoms with van der Waals surface area (Å²) < 4.78 is 10.7. The molecule has 0 radical (unpaired) electrons. The SMILES string of the molecule is CCNc1ccc2cc(C(=O)OCC)c(=O)oc2c1Br. The Bertz CT molecular complexity index is 708. The van der Waals surface area contributed by atoms with Crippen LogP contribution in [0.25, 0.3) is 11.0 Å². The number of rotatable bonds is 4. The molecule has 0 atom stereocenters. The first kappa shape index (κ1) is 14.6. The fraction of sp³-hybridized carbons (Fsp3) is 0.286. The number of ether oxygens (including phenoxy) is 1. The predicted molar refractivity (Wildman–Crippen MR) is 80.3 cm³/mol. The van der Waals surface area contributed by atoms with Gasteiger partial charge in [0.15, 0.2) is 5.58 Å². The smallest absolute Gasteiger partial charge is 0.351 e. The second-order valence-corrected chi connectivity index (χ2v) is 4.84. The highest BCUT2D eigenvalue weighted by Crippen LogP contribution is 2.31. The normalized spacial score (nSPS) is 10.6. The third-order valence-electron chi connectivity index (χ3n) is 2.70. The molecule has 6 heteroatoms. The Labute approximate surface area is 124 Å². The highest BCUT2D eigenvalue weighted by atomic mass is 79.9. The Hall–Kier alpha value is -1.82. The minimum atomic E-state index is -0.703. The summed E-state index contributed by atoms with van der Waals surface area (Å²) in [6.07, 6.45) is 0. The number of benzene rings is 1. The van der Waals surface area contributed by atoms with E-state index in [1.807, 2.05) is 13.0 Å². The van der Waals surface area contributed by atoms with Crippen molar-refractivity contribution in [1.82, 2.24) is 0 Å². The maximum absolute atomic E-state index is 11.9. The van der Waals surface area contributed by atoms with E-state index in [4.69, 9.17) is 9.15 Å². The minimum Gasteiger partial charge on any atom is -0.462 e. The molecular formula is C14H14BrNO4. The van der Waals surface area contributed by atoms with E-state index in [9.17, 15) is 9.59 Å². The molecular weight excluding hydrogens is 326 g/mol. The van der Waals surface area contributed by atoms with Crippen LogP contribution < -0.4 is 10.9 Å². The summed E-state index contributed by atoms with van der Waals surface area (Å²) in [6, 6.07) is 5.12. The lowest BCUT2D eigenvalue weighted by atomic mass is 10.1. The fourth-order valence-corrected chi connectivity index (χ4v) is 2.41. The van der Waals surface area contributed by atoms with Crippen molar-refractivity contribution in [2.45, 2.75) is 13.8 Å². The largest absolute Gasteiger partial charge is 0.462 e. The van der Waals surface area contributed by atoms with Crippen molar-refractivity contribution in [2.75, 3.05) is 18.5 Å². The van der Waals surface area contributed by atoms with Crippen LogP contribution in [0.1, 0.15) is 24.2 Å². The molecule has 2 rings (SSSR count). The van der Waals surface area contributed by atoms with E-state index in [0.717, 1.165) is 12.2 Å². The molecule has 0 aliphatic rings. The van der Waals surface area contributed by atoms with Crippen molar-refractivity contribution in [3.63, 3.8) is 0 Å². The van der Waals surface area contributed by atoms with Crippen LogP contribution in [0, 0.1) is 0 Å². The van der Waals surface area contributed by atoms with Gasteiger partial charge in [-0.25, -0.2) is 9.59 Å². The molecule has 0 aliphatic carbocycles. The van der Waals surface area contributed by atoms with Gasteiger partial charge in [-0.2, -0.15) is 0 Å². The first-order chi connectivity index (χ1) is 9.58. The van der Waals surface area contributed by atoms with E-state index in [0.29, 0.717) is 15.4 Å². The zero-order valence-corrected chi connectivity index (χ0v) is 12.7. The van der Waals surface area contributed by atoms with Crippen LogP contribution in [-0.2, 0) is 4.74 Å². The van der Waals surface area contributed by atoms with Gasteiger partial charge in [-0.1, -0.05) is 0 Å². The molecule has 0 fully saturated rings. The molecule has 0 bridgehead atoms. The van der Waals surface area contributed by atoms with E-state index >= 15 is 0 Å². The predicted octanol–water partition coefficient (Wildman–Crippen LogP) is 3.16. The van der Waals surface area contributed by atoms with Crippen LogP contribution in [-0.4, -0.2) is 19.1 Å². The minimum absolute atomic E-state index is 0.0950. The van der Waals surface area contributed by atoms with Gasteiger partial charge in [-0.15, -0.1) is 0 Å². The summed E-state index contributed by atoms with van der Waals surface area (Å²) in [7, 11) is 0. The molecule has 1 heterocycles. The van der Waals surface area contributed by atoms with Gasteiger partial charge in [0.1, 0.15) is 5.56 Å². The van der Waals surface area contributed by atoms with Crippen LogP contribution >= 0.6 is 15.9 Å². The van der Waals surface area contributed by atoms with E-state index < -0.39 is 11.6 Å². The maximum atomic E-state index is 11.9. The number of carbonyl (C=O) groups excluding carboxylic acids is 1. The van der Waals surface area contributed by atoms with Crippen molar-refractivity contribution >= 4 is 38.6 Å². The van der Waals surface area contributed by atoms with Gasteiger partial charge in [-0.3, -0.25) is 0 Å². The fourth-order valence-electron chi connectivity index (χ4n) is 1.83. The highest BCUT2D eigenvalue weighted by molar-refractivity contribution is 9.10. The summed E-state index contributed by atoms with van der Waals surface area (Å²) in [4.78, 5) is 23.5. The van der Waals surface area contributed by atoms with Crippen molar-refractivity contribution < 1.29 is 13.9 Å². The van der Waals surface area contributed by atoms with Gasteiger partial charge in [-0.05, 0) is 48.0 Å². The summed E-state index contributed by atoms with van der Waals surface area (Å²) in [5, 5.41) is 3.80. The first-order valence-corrected chi connectivity index (χ1v) is 7.05. The second-order valence-electron chi connectivity index (χ2n) is 4.04. The molecule has 2 aromatic rings. The average molecular weight is 340 g/mol. The number of halogens is 1. The molecule has 0 saturated heterocycles. The lowest BCUT2D eigenvalue weighted by Gasteiger charge is -2.08. The van der Waals surface area contributed by atoms with Gasteiger partial charge < -0.3 is 14.5 Å². The van der Waals surface area contributed by atoms with Crippen LogP contribution in [0.2, 0.25) is 0 Å². The molecule has 0 aliphatic heterocycles. The van der Waals surface area contributed by atoms with Crippen LogP contribution in [0.5, 0.6) is 0 Å². The van der Waals surface area contributed by atoms with Crippen molar-refractivity contribution in [3.05, 3.63) is 38.7 Å². The molecule has 1 N–H and O–H groups in total.